The molecule has 0 unspecified atom stereocenters. The number of hydrogen-bond acceptors (Lipinski definition) is 7. The van der Waals surface area contributed by atoms with Crippen molar-refractivity contribution in [3.63, 3.8) is 0 Å². The van der Waals surface area contributed by atoms with Gasteiger partial charge in [-0.15, -0.1) is 21.5 Å². The molecule has 3 rings (SSSR count). The number of thioether (sulfide) groups is 1. The summed E-state index contributed by atoms with van der Waals surface area (Å²) < 4.78 is 43.8. The van der Waals surface area contributed by atoms with E-state index in [1.165, 1.54) is 11.3 Å². The second kappa shape index (κ2) is 5.89. The molecule has 11 heteroatoms. The van der Waals surface area contributed by atoms with Crippen molar-refractivity contribution in [3.05, 3.63) is 34.8 Å². The van der Waals surface area contributed by atoms with Crippen molar-refractivity contribution in [2.24, 2.45) is 0 Å². The van der Waals surface area contributed by atoms with Crippen molar-refractivity contribution in [1.29, 1.82) is 0 Å². The molecule has 0 aliphatic rings. The molecule has 23 heavy (non-hydrogen) atoms. The van der Waals surface area contributed by atoms with Gasteiger partial charge in [0, 0.05) is 5.75 Å². The molecule has 0 fully saturated rings. The Bertz CT molecular complexity index is 809. The van der Waals surface area contributed by atoms with E-state index in [2.05, 4.69) is 15.2 Å². The number of oxazole rings is 1. The second-order valence-electron chi connectivity index (χ2n) is 4.46. The minimum absolute atomic E-state index is 0.0441. The average Bonchev–Trinajstić information content (AvgIpc) is 3.16. The van der Waals surface area contributed by atoms with E-state index >= 15 is 0 Å². The van der Waals surface area contributed by atoms with E-state index in [4.69, 9.17) is 10.3 Å². The Labute approximate surface area is 136 Å². The Morgan fingerprint density at radius 1 is 1.39 bits per heavy atom. The van der Waals surface area contributed by atoms with Gasteiger partial charge < -0.3 is 10.3 Å². The smallest absolute Gasteiger partial charge is 0.440 e. The van der Waals surface area contributed by atoms with E-state index in [9.17, 15) is 13.2 Å². The van der Waals surface area contributed by atoms with Crippen molar-refractivity contribution >= 4 is 23.1 Å². The molecule has 122 valence electrons. The summed E-state index contributed by atoms with van der Waals surface area (Å²) in [6.07, 6.45) is -4.64. The molecule has 0 amide bonds. The van der Waals surface area contributed by atoms with Gasteiger partial charge in [-0.25, -0.2) is 9.66 Å². The highest BCUT2D eigenvalue weighted by atomic mass is 32.2. The second-order valence-corrected chi connectivity index (χ2v) is 6.35. The molecule has 3 heterocycles. The molecule has 3 aromatic rings. The Morgan fingerprint density at radius 2 is 2.17 bits per heavy atom. The molecule has 0 aliphatic heterocycles. The van der Waals surface area contributed by atoms with E-state index in [-0.39, 0.29) is 10.9 Å². The first-order chi connectivity index (χ1) is 10.9. The van der Waals surface area contributed by atoms with E-state index in [1.807, 2.05) is 17.5 Å². The lowest BCUT2D eigenvalue weighted by Crippen LogP contribution is -2.21. The van der Waals surface area contributed by atoms with Crippen LogP contribution in [0.5, 0.6) is 0 Å². The number of aromatic nitrogens is 4. The molecule has 0 aromatic carbocycles. The summed E-state index contributed by atoms with van der Waals surface area (Å²) in [6.45, 7) is 1.74. The number of nitrogens with two attached hydrogens (primary N) is 1. The Kier molecular flexibility index (Phi) is 4.06. The molecule has 0 spiro atoms. The normalized spacial score (nSPS) is 12.0. The number of thiophene rings is 1. The van der Waals surface area contributed by atoms with Crippen LogP contribution in [0.15, 0.2) is 27.1 Å². The maximum Gasteiger partial charge on any atom is 0.453 e. The van der Waals surface area contributed by atoms with Crippen molar-refractivity contribution < 1.29 is 17.6 Å². The van der Waals surface area contributed by atoms with Gasteiger partial charge in [0.05, 0.1) is 10.6 Å². The highest BCUT2D eigenvalue weighted by Gasteiger charge is 2.38. The average molecular weight is 361 g/mol. The van der Waals surface area contributed by atoms with Crippen LogP contribution < -0.4 is 5.84 Å². The predicted octanol–water partition coefficient (Wildman–Crippen LogP) is 3.33. The molecule has 6 nitrogen and oxygen atoms in total. The standard InChI is InChI=1S/C12H10F3N5OS2/c1-6-7(17-9(21-6)8-3-2-4-22-8)5-23-11-19-18-10(20(11)16)12(13,14)15/h2-4H,5,16H2,1H3. The van der Waals surface area contributed by atoms with Crippen LogP contribution in [0.3, 0.4) is 0 Å². The molecule has 0 saturated heterocycles. The fraction of sp³-hybridized carbons (Fsp3) is 0.250. The van der Waals surface area contributed by atoms with Gasteiger partial charge in [0.15, 0.2) is 0 Å². The number of hydrogen-bond donors (Lipinski definition) is 1. The number of nitrogens with zero attached hydrogens (tertiary/aromatic N) is 4. The highest BCUT2D eigenvalue weighted by Crippen LogP contribution is 2.31. The highest BCUT2D eigenvalue weighted by molar-refractivity contribution is 7.98. The van der Waals surface area contributed by atoms with Crippen molar-refractivity contribution in [2.75, 3.05) is 5.84 Å². The molecule has 0 saturated carbocycles. The van der Waals surface area contributed by atoms with E-state index in [1.54, 1.807) is 6.92 Å². The van der Waals surface area contributed by atoms with Gasteiger partial charge in [-0.1, -0.05) is 17.8 Å². The van der Waals surface area contributed by atoms with Crippen molar-refractivity contribution in [1.82, 2.24) is 19.9 Å². The molecule has 0 aliphatic carbocycles. The minimum Gasteiger partial charge on any atom is -0.440 e. The van der Waals surface area contributed by atoms with Gasteiger partial charge in [-0.3, -0.25) is 0 Å². The molecule has 0 radical (unpaired) electrons. The summed E-state index contributed by atoms with van der Waals surface area (Å²) in [5, 5.41) is 8.38. The Hall–Kier alpha value is -2.01. The third kappa shape index (κ3) is 3.20. The monoisotopic (exact) mass is 361 g/mol. The minimum atomic E-state index is -4.64. The predicted molar refractivity (Wildman–Crippen MR) is 79.3 cm³/mol. The summed E-state index contributed by atoms with van der Waals surface area (Å²) in [7, 11) is 0. The molecule has 3 aromatic heterocycles. The number of nitrogen functional groups attached to an aromatic ring is 1. The lowest BCUT2D eigenvalue weighted by atomic mass is 10.4. The lowest BCUT2D eigenvalue weighted by molar-refractivity contribution is -0.146. The van der Waals surface area contributed by atoms with Gasteiger partial charge in [0.1, 0.15) is 5.76 Å². The van der Waals surface area contributed by atoms with Crippen LogP contribution in [0.25, 0.3) is 10.8 Å². The van der Waals surface area contributed by atoms with Gasteiger partial charge in [-0.2, -0.15) is 13.2 Å². The van der Waals surface area contributed by atoms with E-state index in [0.717, 1.165) is 16.6 Å². The van der Waals surface area contributed by atoms with Crippen LogP contribution in [0.1, 0.15) is 17.3 Å². The molecular weight excluding hydrogens is 351 g/mol. The zero-order valence-electron chi connectivity index (χ0n) is 11.7. The molecule has 0 atom stereocenters. The molecule has 0 bridgehead atoms. The SMILES string of the molecule is Cc1oc(-c2cccs2)nc1CSc1nnc(C(F)(F)F)n1N. The van der Waals surface area contributed by atoms with Crippen LogP contribution in [0, 0.1) is 6.92 Å². The number of halogens is 3. The Balaban J connectivity index is 1.76. The maximum absolute atomic E-state index is 12.6. The number of alkyl halides is 3. The number of aryl methyl sites for hydroxylation is 1. The Morgan fingerprint density at radius 3 is 2.78 bits per heavy atom. The summed E-state index contributed by atoms with van der Waals surface area (Å²) in [4.78, 5) is 5.24. The third-order valence-electron chi connectivity index (χ3n) is 2.88. The first kappa shape index (κ1) is 15.9. The van der Waals surface area contributed by atoms with E-state index < -0.39 is 12.0 Å². The first-order valence-electron chi connectivity index (χ1n) is 6.27. The van der Waals surface area contributed by atoms with E-state index in [0.29, 0.717) is 22.0 Å². The molecular formula is C12H10F3N5OS2. The van der Waals surface area contributed by atoms with Crippen LogP contribution >= 0.6 is 23.1 Å². The van der Waals surface area contributed by atoms with Crippen LogP contribution in [0.4, 0.5) is 13.2 Å². The van der Waals surface area contributed by atoms with Gasteiger partial charge >= 0.3 is 6.18 Å². The summed E-state index contributed by atoms with van der Waals surface area (Å²) in [5.74, 6) is 5.50. The van der Waals surface area contributed by atoms with Gasteiger partial charge in [0.25, 0.3) is 5.82 Å². The first-order valence-corrected chi connectivity index (χ1v) is 8.13. The van der Waals surface area contributed by atoms with Crippen LogP contribution in [0.2, 0.25) is 0 Å². The summed E-state index contributed by atoms with van der Waals surface area (Å²) in [5.41, 5.74) is 0.620. The third-order valence-corrected chi connectivity index (χ3v) is 4.69. The van der Waals surface area contributed by atoms with Crippen LogP contribution in [-0.4, -0.2) is 19.9 Å². The lowest BCUT2D eigenvalue weighted by Gasteiger charge is -2.05. The van der Waals surface area contributed by atoms with Crippen molar-refractivity contribution in [2.45, 2.75) is 24.0 Å². The fourth-order valence-corrected chi connectivity index (χ4v) is 3.28. The van der Waals surface area contributed by atoms with Gasteiger partial charge in [0.2, 0.25) is 11.0 Å². The largest absolute Gasteiger partial charge is 0.453 e. The van der Waals surface area contributed by atoms with Crippen molar-refractivity contribution in [3.8, 4) is 10.8 Å². The molecule has 2 N–H and O–H groups in total. The number of rotatable bonds is 4. The summed E-state index contributed by atoms with van der Waals surface area (Å²) in [6, 6.07) is 3.75. The maximum atomic E-state index is 12.6. The fourth-order valence-electron chi connectivity index (χ4n) is 1.77. The zero-order chi connectivity index (χ0) is 16.6. The quantitative estimate of drug-likeness (QED) is 0.567. The topological polar surface area (TPSA) is 82.8 Å². The summed E-state index contributed by atoms with van der Waals surface area (Å²) >= 11 is 2.49. The zero-order valence-corrected chi connectivity index (χ0v) is 13.3. The van der Waals surface area contributed by atoms with Gasteiger partial charge in [-0.05, 0) is 18.4 Å². The van der Waals surface area contributed by atoms with Crippen LogP contribution in [-0.2, 0) is 11.9 Å².